The van der Waals surface area contributed by atoms with Crippen molar-refractivity contribution < 1.29 is 14.6 Å². The molecule has 116 valence electrons. The summed E-state index contributed by atoms with van der Waals surface area (Å²) in [4.78, 5) is 22.3. The fraction of sp³-hybridized carbons (Fsp3) is 0.667. The number of piperidine rings is 1. The highest BCUT2D eigenvalue weighted by Crippen LogP contribution is 2.26. The van der Waals surface area contributed by atoms with Crippen molar-refractivity contribution in [1.29, 1.82) is 0 Å². The van der Waals surface area contributed by atoms with E-state index in [1.807, 2.05) is 20.8 Å². The Balaban J connectivity index is 1.89. The SMILES string of the molecule is CC(C)(C)OC(=O)N1CCC(c2ncc(CO)cn2)CC1. The Bertz CT molecular complexity index is 474. The molecule has 0 unspecified atom stereocenters. The number of likely N-dealkylation sites (tertiary alicyclic amines) is 1. The molecule has 0 radical (unpaired) electrons. The molecule has 0 aliphatic carbocycles. The molecule has 1 amide bonds. The summed E-state index contributed by atoms with van der Waals surface area (Å²) in [6.45, 7) is 6.88. The Labute approximate surface area is 125 Å². The molecular weight excluding hydrogens is 270 g/mol. The van der Waals surface area contributed by atoms with Gasteiger partial charge in [0.1, 0.15) is 11.4 Å². The second-order valence-corrected chi connectivity index (χ2v) is 6.35. The molecule has 1 aliphatic rings. The summed E-state index contributed by atoms with van der Waals surface area (Å²) in [5, 5.41) is 8.99. The number of hydrogen-bond donors (Lipinski definition) is 1. The van der Waals surface area contributed by atoms with E-state index in [4.69, 9.17) is 9.84 Å². The van der Waals surface area contributed by atoms with Gasteiger partial charge in [0.15, 0.2) is 0 Å². The average molecular weight is 293 g/mol. The summed E-state index contributed by atoms with van der Waals surface area (Å²) in [7, 11) is 0. The summed E-state index contributed by atoms with van der Waals surface area (Å²) in [6.07, 6.45) is 4.72. The Morgan fingerprint density at radius 3 is 2.38 bits per heavy atom. The highest BCUT2D eigenvalue weighted by Gasteiger charge is 2.28. The maximum absolute atomic E-state index is 12.0. The number of hydrogen-bond acceptors (Lipinski definition) is 5. The van der Waals surface area contributed by atoms with Crippen LogP contribution in [0.4, 0.5) is 4.79 Å². The lowest BCUT2D eigenvalue weighted by molar-refractivity contribution is 0.0203. The smallest absolute Gasteiger partial charge is 0.410 e. The average Bonchev–Trinajstić information content (AvgIpc) is 2.46. The predicted molar refractivity (Wildman–Crippen MR) is 77.7 cm³/mol. The van der Waals surface area contributed by atoms with E-state index < -0.39 is 5.60 Å². The second kappa shape index (κ2) is 6.39. The summed E-state index contributed by atoms with van der Waals surface area (Å²) in [5.74, 6) is 1.05. The van der Waals surface area contributed by atoms with E-state index in [-0.39, 0.29) is 18.6 Å². The van der Waals surface area contributed by atoms with Crippen molar-refractivity contribution in [2.75, 3.05) is 13.1 Å². The summed E-state index contributed by atoms with van der Waals surface area (Å²) >= 11 is 0. The third-order valence-electron chi connectivity index (χ3n) is 3.42. The molecule has 1 aromatic heterocycles. The number of carbonyl (C=O) groups excluding carboxylic acids is 1. The number of aliphatic hydroxyl groups excluding tert-OH is 1. The summed E-state index contributed by atoms with van der Waals surface area (Å²) in [6, 6.07) is 0. The number of rotatable bonds is 2. The molecule has 6 heteroatoms. The van der Waals surface area contributed by atoms with Crippen LogP contribution in [0.3, 0.4) is 0 Å². The monoisotopic (exact) mass is 293 g/mol. The Morgan fingerprint density at radius 2 is 1.90 bits per heavy atom. The highest BCUT2D eigenvalue weighted by atomic mass is 16.6. The van der Waals surface area contributed by atoms with Gasteiger partial charge in [-0.1, -0.05) is 0 Å². The number of ether oxygens (including phenoxy) is 1. The van der Waals surface area contributed by atoms with Gasteiger partial charge in [-0.3, -0.25) is 0 Å². The van der Waals surface area contributed by atoms with Gasteiger partial charge in [-0.15, -0.1) is 0 Å². The van der Waals surface area contributed by atoms with E-state index in [2.05, 4.69) is 9.97 Å². The highest BCUT2D eigenvalue weighted by molar-refractivity contribution is 5.68. The minimum absolute atomic E-state index is 0.0443. The van der Waals surface area contributed by atoms with Gasteiger partial charge in [-0.05, 0) is 33.6 Å². The largest absolute Gasteiger partial charge is 0.444 e. The molecule has 1 aromatic rings. The first-order chi connectivity index (χ1) is 9.89. The van der Waals surface area contributed by atoms with Crippen molar-refractivity contribution in [3.05, 3.63) is 23.8 Å². The van der Waals surface area contributed by atoms with Crippen molar-refractivity contribution in [3.8, 4) is 0 Å². The van der Waals surface area contributed by atoms with Gasteiger partial charge in [0.25, 0.3) is 0 Å². The van der Waals surface area contributed by atoms with Crippen LogP contribution < -0.4 is 0 Å². The molecule has 0 saturated carbocycles. The Hall–Kier alpha value is -1.69. The number of amides is 1. The van der Waals surface area contributed by atoms with Gasteiger partial charge in [-0.2, -0.15) is 0 Å². The molecule has 1 aliphatic heterocycles. The fourth-order valence-corrected chi connectivity index (χ4v) is 2.30. The van der Waals surface area contributed by atoms with Crippen molar-refractivity contribution in [3.63, 3.8) is 0 Å². The van der Waals surface area contributed by atoms with E-state index in [9.17, 15) is 4.79 Å². The van der Waals surface area contributed by atoms with Crippen LogP contribution in [0.1, 0.15) is 50.9 Å². The van der Waals surface area contributed by atoms with Crippen molar-refractivity contribution >= 4 is 6.09 Å². The van der Waals surface area contributed by atoms with E-state index in [0.717, 1.165) is 18.7 Å². The first-order valence-corrected chi connectivity index (χ1v) is 7.28. The van der Waals surface area contributed by atoms with Gasteiger partial charge >= 0.3 is 6.09 Å². The van der Waals surface area contributed by atoms with Gasteiger partial charge < -0.3 is 14.7 Å². The maximum Gasteiger partial charge on any atom is 0.410 e. The van der Waals surface area contributed by atoms with Crippen LogP contribution >= 0.6 is 0 Å². The maximum atomic E-state index is 12.0. The Kier molecular flexibility index (Phi) is 4.77. The molecule has 0 aromatic carbocycles. The fourth-order valence-electron chi connectivity index (χ4n) is 2.30. The third-order valence-corrected chi connectivity index (χ3v) is 3.42. The van der Waals surface area contributed by atoms with Crippen LogP contribution in [0, 0.1) is 0 Å². The Morgan fingerprint density at radius 1 is 1.33 bits per heavy atom. The van der Waals surface area contributed by atoms with Crippen LogP contribution in [0.2, 0.25) is 0 Å². The second-order valence-electron chi connectivity index (χ2n) is 6.35. The minimum Gasteiger partial charge on any atom is -0.444 e. The zero-order valence-electron chi connectivity index (χ0n) is 12.9. The lowest BCUT2D eigenvalue weighted by Gasteiger charge is -2.32. The molecule has 1 saturated heterocycles. The van der Waals surface area contributed by atoms with E-state index in [0.29, 0.717) is 18.7 Å². The molecule has 6 nitrogen and oxygen atoms in total. The molecule has 2 heterocycles. The van der Waals surface area contributed by atoms with Gasteiger partial charge in [0.05, 0.1) is 6.61 Å². The van der Waals surface area contributed by atoms with Crippen LogP contribution in [-0.4, -0.2) is 44.8 Å². The van der Waals surface area contributed by atoms with E-state index in [1.54, 1.807) is 17.3 Å². The summed E-state index contributed by atoms with van der Waals surface area (Å²) < 4.78 is 5.38. The molecule has 0 atom stereocenters. The first kappa shape index (κ1) is 15.7. The zero-order chi connectivity index (χ0) is 15.5. The van der Waals surface area contributed by atoms with Crippen molar-refractivity contribution in [1.82, 2.24) is 14.9 Å². The molecular formula is C15H23N3O3. The number of nitrogens with zero attached hydrogens (tertiary/aromatic N) is 3. The zero-order valence-corrected chi connectivity index (χ0v) is 12.9. The summed E-state index contributed by atoms with van der Waals surface area (Å²) in [5.41, 5.74) is 0.252. The van der Waals surface area contributed by atoms with Crippen LogP contribution in [-0.2, 0) is 11.3 Å². The van der Waals surface area contributed by atoms with Crippen LogP contribution in [0.25, 0.3) is 0 Å². The molecule has 2 rings (SSSR count). The molecule has 0 bridgehead atoms. The van der Waals surface area contributed by atoms with E-state index in [1.165, 1.54) is 0 Å². The lowest BCUT2D eigenvalue weighted by Crippen LogP contribution is -2.41. The molecule has 0 spiro atoms. The van der Waals surface area contributed by atoms with Crippen LogP contribution in [0.15, 0.2) is 12.4 Å². The first-order valence-electron chi connectivity index (χ1n) is 7.28. The standard InChI is InChI=1S/C15H23N3O3/c1-15(2,3)21-14(20)18-6-4-12(5-7-18)13-16-8-11(10-19)9-17-13/h8-9,12,19H,4-7,10H2,1-3H3. The third kappa shape index (κ3) is 4.39. The van der Waals surface area contributed by atoms with Gasteiger partial charge in [0.2, 0.25) is 0 Å². The number of carbonyl (C=O) groups is 1. The quantitative estimate of drug-likeness (QED) is 0.903. The van der Waals surface area contributed by atoms with E-state index >= 15 is 0 Å². The van der Waals surface area contributed by atoms with Gasteiger partial charge in [0, 0.05) is 37.0 Å². The minimum atomic E-state index is -0.461. The van der Waals surface area contributed by atoms with Crippen LogP contribution in [0.5, 0.6) is 0 Å². The lowest BCUT2D eigenvalue weighted by atomic mass is 9.96. The van der Waals surface area contributed by atoms with Crippen molar-refractivity contribution in [2.24, 2.45) is 0 Å². The molecule has 1 fully saturated rings. The van der Waals surface area contributed by atoms with Crippen molar-refractivity contribution in [2.45, 2.75) is 51.7 Å². The normalized spacial score (nSPS) is 16.9. The molecule has 1 N–H and O–H groups in total. The topological polar surface area (TPSA) is 75.5 Å². The number of aliphatic hydroxyl groups is 1. The predicted octanol–water partition coefficient (Wildman–Crippen LogP) is 2.08. The van der Waals surface area contributed by atoms with Gasteiger partial charge in [-0.25, -0.2) is 14.8 Å². The molecule has 21 heavy (non-hydrogen) atoms. The number of aromatic nitrogens is 2.